The van der Waals surface area contributed by atoms with Crippen LogP contribution in [0, 0.1) is 11.3 Å². The van der Waals surface area contributed by atoms with Crippen LogP contribution in [0.5, 0.6) is 0 Å². The number of hydrogen-bond donors (Lipinski definition) is 0. The van der Waals surface area contributed by atoms with E-state index in [-0.39, 0.29) is 15.5 Å². The Hall–Kier alpha value is -1.39. The summed E-state index contributed by atoms with van der Waals surface area (Å²) in [5.74, 6) is -0.819. The molecular formula is C10H5ClF3NO2S. The zero-order valence-electron chi connectivity index (χ0n) is 8.84. The van der Waals surface area contributed by atoms with E-state index in [0.717, 1.165) is 19.2 Å². The molecule has 18 heavy (non-hydrogen) atoms. The molecule has 1 aromatic carbocycles. The van der Waals surface area contributed by atoms with Gasteiger partial charge in [-0.15, -0.1) is 0 Å². The third-order valence-corrected chi connectivity index (χ3v) is 3.03. The molecule has 0 aliphatic rings. The number of esters is 1. The van der Waals surface area contributed by atoms with Gasteiger partial charge in [-0.1, -0.05) is 11.6 Å². The lowest BCUT2D eigenvalue weighted by Crippen LogP contribution is -2.05. The molecular weight excluding hydrogens is 291 g/mol. The minimum Gasteiger partial charge on any atom is -0.465 e. The van der Waals surface area contributed by atoms with Crippen molar-refractivity contribution in [1.82, 2.24) is 0 Å². The van der Waals surface area contributed by atoms with Crippen LogP contribution in [0.4, 0.5) is 13.2 Å². The van der Waals surface area contributed by atoms with Crippen LogP contribution in [-0.4, -0.2) is 18.6 Å². The molecule has 0 saturated heterocycles. The van der Waals surface area contributed by atoms with Crippen molar-refractivity contribution in [3.05, 3.63) is 28.3 Å². The maximum Gasteiger partial charge on any atom is 0.446 e. The Bertz CT molecular complexity index is 525. The average molecular weight is 296 g/mol. The van der Waals surface area contributed by atoms with Crippen molar-refractivity contribution in [1.29, 1.82) is 5.26 Å². The number of ether oxygens (including phenoxy) is 1. The van der Waals surface area contributed by atoms with Crippen molar-refractivity contribution in [3.8, 4) is 6.07 Å². The van der Waals surface area contributed by atoms with Gasteiger partial charge in [-0.2, -0.15) is 18.4 Å². The lowest BCUT2D eigenvalue weighted by molar-refractivity contribution is -0.0328. The fraction of sp³-hybridized carbons (Fsp3) is 0.200. The molecule has 96 valence electrons. The molecule has 1 rings (SSSR count). The Labute approximate surface area is 109 Å². The van der Waals surface area contributed by atoms with E-state index in [1.165, 1.54) is 0 Å². The first-order chi connectivity index (χ1) is 8.30. The maximum absolute atomic E-state index is 12.2. The lowest BCUT2D eigenvalue weighted by Gasteiger charge is -2.10. The Morgan fingerprint density at radius 2 is 2.11 bits per heavy atom. The molecule has 0 amide bonds. The topological polar surface area (TPSA) is 50.1 Å². The second kappa shape index (κ2) is 5.50. The number of benzene rings is 1. The number of hydrogen-bond acceptors (Lipinski definition) is 4. The molecule has 0 radical (unpaired) electrons. The number of alkyl halides is 3. The van der Waals surface area contributed by atoms with Crippen LogP contribution in [0.15, 0.2) is 17.0 Å². The number of rotatable bonds is 2. The smallest absolute Gasteiger partial charge is 0.446 e. The highest BCUT2D eigenvalue weighted by Gasteiger charge is 2.31. The van der Waals surface area contributed by atoms with Crippen molar-refractivity contribution in [3.63, 3.8) is 0 Å². The monoisotopic (exact) mass is 295 g/mol. The summed E-state index contributed by atoms with van der Waals surface area (Å²) in [5.41, 5.74) is -5.09. The summed E-state index contributed by atoms with van der Waals surface area (Å²) in [4.78, 5) is 10.9. The van der Waals surface area contributed by atoms with Crippen molar-refractivity contribution in [2.45, 2.75) is 10.4 Å². The van der Waals surface area contributed by atoms with Gasteiger partial charge >= 0.3 is 11.5 Å². The zero-order valence-corrected chi connectivity index (χ0v) is 10.4. The Morgan fingerprint density at radius 3 is 2.56 bits per heavy atom. The predicted molar refractivity (Wildman–Crippen MR) is 59.4 cm³/mol. The summed E-state index contributed by atoms with van der Waals surface area (Å²) < 4.78 is 41.1. The quantitative estimate of drug-likeness (QED) is 0.618. The van der Waals surface area contributed by atoms with Crippen LogP contribution in [0.2, 0.25) is 5.02 Å². The predicted octanol–water partition coefficient (Wildman–Crippen LogP) is 3.61. The summed E-state index contributed by atoms with van der Waals surface area (Å²) in [6.07, 6.45) is 0. The standard InChI is InChI=1S/C10H5ClF3NO2S/c1-17-9(16)5-2-3-7(18-10(12,13)14)6(4-15)8(5)11/h2-3H,1H3. The SMILES string of the molecule is COC(=O)c1ccc(SC(F)(F)F)c(C#N)c1Cl. The highest BCUT2D eigenvalue weighted by molar-refractivity contribution is 8.00. The van der Waals surface area contributed by atoms with Crippen LogP contribution >= 0.6 is 23.4 Å². The van der Waals surface area contributed by atoms with Crippen LogP contribution in [0.25, 0.3) is 0 Å². The highest BCUT2D eigenvalue weighted by atomic mass is 35.5. The van der Waals surface area contributed by atoms with Crippen molar-refractivity contribution in [2.75, 3.05) is 7.11 Å². The first kappa shape index (κ1) is 14.7. The van der Waals surface area contributed by atoms with E-state index in [9.17, 15) is 18.0 Å². The first-order valence-electron chi connectivity index (χ1n) is 4.36. The van der Waals surface area contributed by atoms with Gasteiger partial charge in [0.1, 0.15) is 6.07 Å². The van der Waals surface area contributed by atoms with Gasteiger partial charge in [0.15, 0.2) is 0 Å². The summed E-state index contributed by atoms with van der Waals surface area (Å²) in [7, 11) is 1.10. The minimum atomic E-state index is -4.54. The maximum atomic E-state index is 12.2. The number of methoxy groups -OCH3 is 1. The largest absolute Gasteiger partial charge is 0.465 e. The zero-order chi connectivity index (χ0) is 13.9. The van der Waals surface area contributed by atoms with E-state index in [1.54, 1.807) is 6.07 Å². The second-order valence-electron chi connectivity index (χ2n) is 2.95. The molecule has 0 aromatic heterocycles. The van der Waals surface area contributed by atoms with Crippen LogP contribution in [0.3, 0.4) is 0 Å². The minimum absolute atomic E-state index is 0.151. The van der Waals surface area contributed by atoms with Gasteiger partial charge in [0.05, 0.1) is 23.3 Å². The van der Waals surface area contributed by atoms with Gasteiger partial charge in [0, 0.05) is 4.90 Å². The molecule has 0 aliphatic carbocycles. The van der Waals surface area contributed by atoms with Gasteiger partial charge < -0.3 is 4.74 Å². The molecule has 3 nitrogen and oxygen atoms in total. The summed E-state index contributed by atoms with van der Waals surface area (Å²) >= 11 is 5.25. The number of thioether (sulfide) groups is 1. The highest BCUT2D eigenvalue weighted by Crippen LogP contribution is 2.40. The van der Waals surface area contributed by atoms with Gasteiger partial charge in [0.2, 0.25) is 0 Å². The van der Waals surface area contributed by atoms with E-state index >= 15 is 0 Å². The number of halogens is 4. The van der Waals surface area contributed by atoms with Crippen molar-refractivity contribution < 1.29 is 22.7 Å². The third-order valence-electron chi connectivity index (χ3n) is 1.85. The van der Waals surface area contributed by atoms with E-state index in [0.29, 0.717) is 0 Å². The fourth-order valence-electron chi connectivity index (χ4n) is 1.14. The van der Waals surface area contributed by atoms with Crippen molar-refractivity contribution in [2.24, 2.45) is 0 Å². The van der Waals surface area contributed by atoms with Gasteiger partial charge in [0.25, 0.3) is 0 Å². The molecule has 0 bridgehead atoms. The van der Waals surface area contributed by atoms with E-state index in [4.69, 9.17) is 16.9 Å². The number of nitriles is 1. The third kappa shape index (κ3) is 3.31. The van der Waals surface area contributed by atoms with Gasteiger partial charge in [-0.05, 0) is 23.9 Å². The van der Waals surface area contributed by atoms with Crippen LogP contribution in [0.1, 0.15) is 15.9 Å². The molecule has 1 aromatic rings. The molecule has 0 heterocycles. The van der Waals surface area contributed by atoms with Crippen LogP contribution in [-0.2, 0) is 4.74 Å². The molecule has 0 aliphatic heterocycles. The van der Waals surface area contributed by atoms with Gasteiger partial charge in [-0.3, -0.25) is 0 Å². The van der Waals surface area contributed by atoms with E-state index < -0.39 is 28.8 Å². The Balaban J connectivity index is 3.31. The van der Waals surface area contributed by atoms with Gasteiger partial charge in [-0.25, -0.2) is 4.79 Å². The van der Waals surface area contributed by atoms with Crippen LogP contribution < -0.4 is 0 Å². The number of nitrogens with zero attached hydrogens (tertiary/aromatic N) is 1. The Kier molecular flexibility index (Phi) is 4.48. The lowest BCUT2D eigenvalue weighted by atomic mass is 10.1. The second-order valence-corrected chi connectivity index (χ2v) is 4.44. The average Bonchev–Trinajstić information content (AvgIpc) is 2.26. The molecule has 8 heteroatoms. The Morgan fingerprint density at radius 1 is 1.50 bits per heavy atom. The molecule has 0 N–H and O–H groups in total. The summed E-state index contributed by atoms with van der Waals surface area (Å²) in [6, 6.07) is 3.64. The normalized spacial score (nSPS) is 10.9. The molecule has 0 unspecified atom stereocenters. The van der Waals surface area contributed by atoms with E-state index in [2.05, 4.69) is 4.74 Å². The first-order valence-corrected chi connectivity index (χ1v) is 5.56. The number of carbonyl (C=O) groups excluding carboxylic acids is 1. The van der Waals surface area contributed by atoms with Crippen molar-refractivity contribution >= 4 is 29.3 Å². The number of carbonyl (C=O) groups is 1. The summed E-state index contributed by atoms with van der Waals surface area (Å²) in [5, 5.41) is 8.46. The molecule has 0 saturated carbocycles. The summed E-state index contributed by atoms with van der Waals surface area (Å²) in [6.45, 7) is 0. The van der Waals surface area contributed by atoms with E-state index in [1.807, 2.05) is 0 Å². The molecule has 0 fully saturated rings. The molecule has 0 atom stereocenters. The molecule has 0 spiro atoms. The fourth-order valence-corrected chi connectivity index (χ4v) is 2.12.